The zero-order valence-electron chi connectivity index (χ0n) is 46.5. The van der Waals surface area contributed by atoms with Crippen molar-refractivity contribution < 1.29 is 31.0 Å². The molecule has 0 fully saturated rings. The minimum absolute atomic E-state index is 0.446. The molecule has 0 aliphatic carbocycles. The highest BCUT2D eigenvalue weighted by molar-refractivity contribution is 6.87. The molecule has 0 spiro atoms. The van der Waals surface area contributed by atoms with Crippen molar-refractivity contribution >= 4 is 49.9 Å². The Balaban J connectivity index is 1.77. The topological polar surface area (TPSA) is 68.5 Å². The number of hydrogen-bond acceptors (Lipinski definition) is 7. The van der Waals surface area contributed by atoms with Crippen LogP contribution in [0.1, 0.15) is 272 Å². The zero-order chi connectivity index (χ0) is 49.7. The van der Waals surface area contributed by atoms with E-state index in [2.05, 4.69) is 38.1 Å². The van der Waals surface area contributed by atoms with Crippen molar-refractivity contribution in [2.75, 3.05) is 39.6 Å². The number of hydrogen-bond donors (Lipinski definition) is 0. The molecule has 0 saturated carbocycles. The van der Waals surface area contributed by atoms with Gasteiger partial charge in [-0.3, -0.25) is 0 Å². The first-order chi connectivity index (χ1) is 33.9. The Bertz CT molecular complexity index is 1660. The Labute approximate surface area is 427 Å². The monoisotopic (exact) mass is 997 g/mol. The van der Waals surface area contributed by atoms with E-state index in [4.69, 9.17) is 31.0 Å². The van der Waals surface area contributed by atoms with E-state index in [0.29, 0.717) is 39.6 Å². The third-order valence-electron chi connectivity index (χ3n) is 14.2. The normalized spacial score (nSPS) is 12.4. The van der Waals surface area contributed by atoms with Crippen molar-refractivity contribution in [2.45, 2.75) is 274 Å². The Morgan fingerprint density at radius 2 is 0.536 bits per heavy atom. The highest BCUT2D eigenvalue weighted by atomic mass is 28.4. The van der Waals surface area contributed by atoms with Crippen LogP contribution in [0.5, 0.6) is 0 Å². The summed E-state index contributed by atoms with van der Waals surface area (Å²) in [6.45, 7) is 19.3. The second-order valence-corrected chi connectivity index (χ2v) is 25.0. The summed E-state index contributed by atoms with van der Waals surface area (Å²) in [6.07, 6.45) is 46.6. The largest absolute Gasteiger partial charge is 0.537 e. The minimum Gasteiger partial charge on any atom is -0.456 e. The second kappa shape index (κ2) is 39.0. The van der Waals surface area contributed by atoms with Crippen LogP contribution in [0.4, 0.5) is 0 Å². The molecule has 1 aromatic heterocycles. The third-order valence-corrected chi connectivity index (χ3v) is 20.6. The fourth-order valence-electron chi connectivity index (χ4n) is 10.5. The molecular weight excluding hydrogens is 889 g/mol. The smallest absolute Gasteiger partial charge is 0.456 e. The Kier molecular flexibility index (Phi) is 34.9. The van der Waals surface area contributed by atoms with Crippen LogP contribution < -0.4 is 10.4 Å². The lowest BCUT2D eigenvalue weighted by Crippen LogP contribution is -2.70. The summed E-state index contributed by atoms with van der Waals surface area (Å²) in [5.41, 5.74) is 4.67. The molecule has 69 heavy (non-hydrogen) atoms. The number of unbranched alkanes of at least 4 members (excludes halogenated alkanes) is 30. The van der Waals surface area contributed by atoms with E-state index in [0.717, 1.165) is 45.2 Å². The molecule has 0 bridgehead atoms. The minimum atomic E-state index is -3.47. The van der Waals surface area contributed by atoms with Crippen LogP contribution in [-0.4, -0.2) is 57.3 Å². The molecule has 0 unspecified atom stereocenters. The molecule has 9 heteroatoms. The van der Waals surface area contributed by atoms with Crippen molar-refractivity contribution in [3.63, 3.8) is 0 Å². The molecule has 0 aliphatic heterocycles. The first-order valence-electron chi connectivity index (χ1n) is 29.8. The second-order valence-electron chi connectivity index (χ2n) is 19.9. The molecule has 0 atom stereocenters. The summed E-state index contributed by atoms with van der Waals surface area (Å²) >= 11 is 0. The van der Waals surface area contributed by atoms with Gasteiger partial charge in [0.25, 0.3) is 0 Å². The highest BCUT2D eigenvalue weighted by Crippen LogP contribution is 2.34. The van der Waals surface area contributed by atoms with Crippen molar-refractivity contribution in [1.29, 1.82) is 0 Å². The maximum absolute atomic E-state index is 6.88. The van der Waals surface area contributed by atoms with Crippen LogP contribution in [0, 0.1) is 0 Å². The maximum atomic E-state index is 6.88. The number of rotatable bonds is 48. The van der Waals surface area contributed by atoms with Gasteiger partial charge in [-0.1, -0.05) is 206 Å². The standard InChI is InChI=1S/C60H108O7Si2/c1-9-17-19-21-23-25-27-29-31-33-35-37-39-41-43-45-47-53-49-55-56-51-59(68(61-11-3,62-12-4)63-13-5)60(69(64-14-6,65-15-7)66-16-8)52-58(56)67-57(55)50-54(53)48-46-44-42-40-38-36-34-32-30-28-26-24-22-20-18-10-2/h49-52H,9-48H2,1-8H3. The summed E-state index contributed by atoms with van der Waals surface area (Å²) in [7, 11) is -6.93. The Morgan fingerprint density at radius 1 is 0.290 bits per heavy atom. The van der Waals surface area contributed by atoms with Gasteiger partial charge in [0.1, 0.15) is 11.2 Å². The quantitative estimate of drug-likeness (QED) is 0.0412. The van der Waals surface area contributed by atoms with Crippen LogP contribution in [0.25, 0.3) is 21.9 Å². The number of furan rings is 1. The van der Waals surface area contributed by atoms with Gasteiger partial charge in [0.15, 0.2) is 0 Å². The first kappa shape index (κ1) is 61.7. The number of benzene rings is 2. The molecule has 3 aromatic rings. The van der Waals surface area contributed by atoms with Gasteiger partial charge in [0.05, 0.1) is 0 Å². The van der Waals surface area contributed by atoms with E-state index in [-0.39, 0.29) is 0 Å². The van der Waals surface area contributed by atoms with Crippen molar-refractivity contribution in [3.05, 3.63) is 35.4 Å². The maximum Gasteiger partial charge on any atom is 0.537 e. The highest BCUT2D eigenvalue weighted by Gasteiger charge is 2.54. The predicted molar refractivity (Wildman–Crippen MR) is 301 cm³/mol. The SMILES string of the molecule is CCCCCCCCCCCCCCCCCCc1cc2oc3cc([Si](OCC)(OCC)OCC)c([Si](OCC)(OCC)OCC)cc3c2cc1CCCCCCCCCCCCCCCCCC. The number of aryl methyl sites for hydroxylation is 2. The molecule has 1 heterocycles. The van der Waals surface area contributed by atoms with Crippen molar-refractivity contribution in [1.82, 2.24) is 0 Å². The molecule has 7 nitrogen and oxygen atoms in total. The molecular formula is C60H108O7Si2. The summed E-state index contributed by atoms with van der Waals surface area (Å²) in [5.74, 6) is 0. The average molecular weight is 998 g/mol. The van der Waals surface area contributed by atoms with Crippen molar-refractivity contribution in [3.8, 4) is 0 Å². The van der Waals surface area contributed by atoms with Gasteiger partial charge in [-0.05, 0) is 103 Å². The van der Waals surface area contributed by atoms with Gasteiger partial charge < -0.3 is 31.0 Å². The molecule has 0 saturated heterocycles. The molecule has 2 aromatic carbocycles. The summed E-state index contributed by atoms with van der Waals surface area (Å²) < 4.78 is 46.5. The lowest BCUT2D eigenvalue weighted by molar-refractivity contribution is 0.0806. The van der Waals surface area contributed by atoms with Crippen LogP contribution in [0.15, 0.2) is 28.7 Å². The zero-order valence-corrected chi connectivity index (χ0v) is 48.5. The third kappa shape index (κ3) is 22.6. The van der Waals surface area contributed by atoms with Gasteiger partial charge in [-0.15, -0.1) is 0 Å². The predicted octanol–water partition coefficient (Wildman–Crippen LogP) is 17.7. The van der Waals surface area contributed by atoms with E-state index in [1.54, 1.807) is 0 Å². The summed E-state index contributed by atoms with van der Waals surface area (Å²) in [4.78, 5) is 0. The molecule has 0 N–H and O–H groups in total. The lowest BCUT2D eigenvalue weighted by atomic mass is 9.94. The van der Waals surface area contributed by atoms with E-state index in [1.165, 1.54) is 217 Å². The Hall–Kier alpha value is -1.57. The van der Waals surface area contributed by atoms with Gasteiger partial charge in [-0.2, -0.15) is 0 Å². The summed E-state index contributed by atoms with van der Waals surface area (Å²) in [5, 5.41) is 3.88. The number of fused-ring (bicyclic) bond motifs is 3. The van der Waals surface area contributed by atoms with Crippen LogP contribution in [0.3, 0.4) is 0 Å². The van der Waals surface area contributed by atoms with E-state index < -0.39 is 17.6 Å². The lowest BCUT2D eigenvalue weighted by Gasteiger charge is -2.35. The van der Waals surface area contributed by atoms with E-state index in [1.807, 2.05) is 41.5 Å². The molecule has 0 aliphatic rings. The average Bonchev–Trinajstić information content (AvgIpc) is 3.69. The van der Waals surface area contributed by atoms with Crippen LogP contribution in [0.2, 0.25) is 0 Å². The fraction of sp³-hybridized carbons (Fsp3) is 0.800. The van der Waals surface area contributed by atoms with E-state index >= 15 is 0 Å². The fourth-order valence-corrected chi connectivity index (χ4v) is 16.6. The van der Waals surface area contributed by atoms with Gasteiger partial charge in [0.2, 0.25) is 0 Å². The molecule has 398 valence electrons. The molecule has 0 radical (unpaired) electrons. The van der Waals surface area contributed by atoms with Gasteiger partial charge in [0, 0.05) is 60.8 Å². The molecule has 0 amide bonds. The van der Waals surface area contributed by atoms with Gasteiger partial charge >= 0.3 is 17.6 Å². The first-order valence-corrected chi connectivity index (χ1v) is 33.2. The van der Waals surface area contributed by atoms with Gasteiger partial charge in [-0.25, -0.2) is 0 Å². The van der Waals surface area contributed by atoms with Crippen molar-refractivity contribution in [2.24, 2.45) is 0 Å². The Morgan fingerprint density at radius 3 is 0.841 bits per heavy atom. The van der Waals surface area contributed by atoms with Crippen LogP contribution in [-0.2, 0) is 39.4 Å². The molecule has 3 rings (SSSR count). The van der Waals surface area contributed by atoms with E-state index in [9.17, 15) is 0 Å². The summed E-state index contributed by atoms with van der Waals surface area (Å²) in [6, 6.07) is 9.16. The van der Waals surface area contributed by atoms with Crippen LogP contribution >= 0.6 is 0 Å².